The second-order valence-electron chi connectivity index (χ2n) is 3.34. The molecule has 0 bridgehead atoms. The van der Waals surface area contributed by atoms with E-state index in [-0.39, 0.29) is 10.9 Å². The lowest BCUT2D eigenvalue weighted by atomic mass is 10.1. The summed E-state index contributed by atoms with van der Waals surface area (Å²) in [7, 11) is 1.55. The maximum atomic E-state index is 13.1. The Kier molecular flexibility index (Phi) is 2.78. The maximum Gasteiger partial charge on any atom is 0.253 e. The van der Waals surface area contributed by atoms with Gasteiger partial charge in [-0.1, -0.05) is 11.6 Å². The quantitative estimate of drug-likeness (QED) is 0.777. The van der Waals surface area contributed by atoms with Crippen LogP contribution in [0.5, 0.6) is 0 Å². The van der Waals surface area contributed by atoms with Crippen LogP contribution in [0, 0.1) is 5.82 Å². The van der Waals surface area contributed by atoms with E-state index in [1.807, 2.05) is 0 Å². The number of benzene rings is 1. The van der Waals surface area contributed by atoms with Gasteiger partial charge in [0.25, 0.3) is 5.91 Å². The number of guanidine groups is 1. The summed E-state index contributed by atoms with van der Waals surface area (Å²) in [6, 6.07) is 3.35. The van der Waals surface area contributed by atoms with Gasteiger partial charge in [-0.2, -0.15) is 0 Å². The molecule has 0 radical (unpaired) electrons. The van der Waals surface area contributed by atoms with Crippen LogP contribution < -0.4 is 10.6 Å². The Morgan fingerprint density at radius 3 is 2.75 bits per heavy atom. The van der Waals surface area contributed by atoms with Gasteiger partial charge in [0.05, 0.1) is 0 Å². The van der Waals surface area contributed by atoms with Crippen molar-refractivity contribution in [3.05, 3.63) is 34.6 Å². The molecule has 0 aliphatic carbocycles. The van der Waals surface area contributed by atoms with Crippen molar-refractivity contribution in [1.29, 1.82) is 0 Å². The average Bonchev–Trinajstić information content (AvgIpc) is 2.58. The van der Waals surface area contributed by atoms with Crippen LogP contribution in [-0.4, -0.2) is 18.9 Å². The van der Waals surface area contributed by atoms with E-state index in [2.05, 4.69) is 15.6 Å². The van der Waals surface area contributed by atoms with Crippen LogP contribution in [0.3, 0.4) is 0 Å². The fourth-order valence-electron chi connectivity index (χ4n) is 1.52. The number of amides is 1. The highest BCUT2D eigenvalue weighted by atomic mass is 35.5. The highest BCUT2D eigenvalue weighted by Crippen LogP contribution is 2.21. The summed E-state index contributed by atoms with van der Waals surface area (Å²) in [5.74, 6) is -0.378. The predicted molar refractivity (Wildman–Crippen MR) is 58.8 cm³/mol. The molecule has 6 heteroatoms. The minimum Gasteiger partial charge on any atom is -0.340 e. The zero-order valence-electron chi connectivity index (χ0n) is 8.42. The molecule has 0 aromatic heterocycles. The van der Waals surface area contributed by atoms with Gasteiger partial charge in [-0.05, 0) is 23.8 Å². The van der Waals surface area contributed by atoms with Gasteiger partial charge in [0.1, 0.15) is 11.9 Å². The molecule has 0 spiro atoms. The molecular formula is C10H9ClFN3O. The average molecular weight is 242 g/mol. The third-order valence-corrected chi connectivity index (χ3v) is 2.44. The second-order valence-corrected chi connectivity index (χ2v) is 3.78. The zero-order valence-corrected chi connectivity index (χ0v) is 9.18. The number of rotatable bonds is 1. The topological polar surface area (TPSA) is 53.5 Å². The van der Waals surface area contributed by atoms with Crippen molar-refractivity contribution in [2.75, 3.05) is 7.05 Å². The molecule has 1 unspecified atom stereocenters. The number of nitrogens with one attached hydrogen (secondary N) is 2. The highest BCUT2D eigenvalue weighted by Gasteiger charge is 2.29. The van der Waals surface area contributed by atoms with Crippen molar-refractivity contribution in [2.45, 2.75) is 6.04 Å². The number of hydrogen-bond donors (Lipinski definition) is 2. The molecule has 16 heavy (non-hydrogen) atoms. The van der Waals surface area contributed by atoms with Crippen molar-refractivity contribution in [2.24, 2.45) is 4.99 Å². The Morgan fingerprint density at radius 1 is 1.44 bits per heavy atom. The molecule has 1 aromatic carbocycles. The molecule has 1 amide bonds. The second kappa shape index (κ2) is 4.09. The van der Waals surface area contributed by atoms with E-state index in [1.165, 1.54) is 12.1 Å². The molecule has 1 aromatic rings. The van der Waals surface area contributed by atoms with E-state index in [0.29, 0.717) is 11.5 Å². The molecule has 0 saturated carbocycles. The lowest BCUT2D eigenvalue weighted by Crippen LogP contribution is -2.24. The molecule has 1 aliphatic heterocycles. The molecule has 84 valence electrons. The first-order valence-electron chi connectivity index (χ1n) is 4.60. The standard InChI is InChI=1S/C10H9ClFN3O/c1-13-10-14-8(9(16)15-10)5-2-6(11)4-7(12)3-5/h2-4,8H,1H3,(H2,13,14,15,16). The van der Waals surface area contributed by atoms with E-state index in [1.54, 1.807) is 13.1 Å². The van der Waals surface area contributed by atoms with E-state index in [9.17, 15) is 9.18 Å². The van der Waals surface area contributed by atoms with Crippen LogP contribution in [0.25, 0.3) is 0 Å². The van der Waals surface area contributed by atoms with Gasteiger partial charge in [-0.15, -0.1) is 0 Å². The minimum absolute atomic E-state index is 0.256. The first kappa shape index (κ1) is 10.9. The third-order valence-electron chi connectivity index (χ3n) is 2.23. The molecule has 2 N–H and O–H groups in total. The smallest absolute Gasteiger partial charge is 0.253 e. The Bertz CT molecular complexity index is 455. The van der Waals surface area contributed by atoms with Crippen molar-refractivity contribution in [3.63, 3.8) is 0 Å². The predicted octanol–water partition coefficient (Wildman–Crippen LogP) is 1.23. The van der Waals surface area contributed by atoms with Crippen molar-refractivity contribution < 1.29 is 9.18 Å². The molecule has 1 saturated heterocycles. The van der Waals surface area contributed by atoms with Gasteiger partial charge < -0.3 is 5.32 Å². The fraction of sp³-hybridized carbons (Fsp3) is 0.200. The molecule has 1 fully saturated rings. The summed E-state index contributed by atoms with van der Waals surface area (Å²) in [6.07, 6.45) is 0. The van der Waals surface area contributed by atoms with Gasteiger partial charge in [0.2, 0.25) is 0 Å². The lowest BCUT2D eigenvalue weighted by Gasteiger charge is -2.08. The van der Waals surface area contributed by atoms with Crippen molar-refractivity contribution in [1.82, 2.24) is 10.6 Å². The summed E-state index contributed by atoms with van der Waals surface area (Å²) in [5.41, 5.74) is 0.473. The van der Waals surface area contributed by atoms with Gasteiger partial charge in [-0.3, -0.25) is 15.1 Å². The van der Waals surface area contributed by atoms with Crippen molar-refractivity contribution >= 4 is 23.5 Å². The number of aliphatic imine (C=N–C) groups is 1. The summed E-state index contributed by atoms with van der Waals surface area (Å²) in [5, 5.41) is 5.61. The van der Waals surface area contributed by atoms with E-state index < -0.39 is 11.9 Å². The van der Waals surface area contributed by atoms with Crippen LogP contribution >= 0.6 is 11.6 Å². The normalized spacial score (nSPS) is 22.1. The minimum atomic E-state index is -0.646. The van der Waals surface area contributed by atoms with E-state index in [0.717, 1.165) is 0 Å². The van der Waals surface area contributed by atoms with Crippen LogP contribution in [0.1, 0.15) is 11.6 Å². The molecule has 1 atom stereocenters. The van der Waals surface area contributed by atoms with Crippen LogP contribution in [0.15, 0.2) is 23.2 Å². The van der Waals surface area contributed by atoms with Gasteiger partial charge >= 0.3 is 0 Å². The molecule has 4 nitrogen and oxygen atoms in total. The van der Waals surface area contributed by atoms with E-state index >= 15 is 0 Å². The zero-order chi connectivity index (χ0) is 11.7. The van der Waals surface area contributed by atoms with Crippen LogP contribution in [0.2, 0.25) is 5.02 Å². The Morgan fingerprint density at radius 2 is 2.19 bits per heavy atom. The Labute approximate surface area is 96.5 Å². The number of carbonyl (C=O) groups excluding carboxylic acids is 1. The molecule has 2 rings (SSSR count). The van der Waals surface area contributed by atoms with Crippen molar-refractivity contribution in [3.8, 4) is 0 Å². The Hall–Kier alpha value is -1.62. The maximum absolute atomic E-state index is 13.1. The number of hydrogen-bond acceptors (Lipinski definition) is 2. The van der Waals surface area contributed by atoms with Gasteiger partial charge in [0, 0.05) is 12.1 Å². The molecule has 1 aliphatic rings. The number of carbonyl (C=O) groups is 1. The summed E-state index contributed by atoms with van der Waals surface area (Å²) >= 11 is 5.72. The first-order valence-corrected chi connectivity index (χ1v) is 4.98. The SMILES string of the molecule is CN=C1NC(=O)C(c2cc(F)cc(Cl)c2)N1. The number of halogens is 2. The monoisotopic (exact) mass is 241 g/mol. The van der Waals surface area contributed by atoms with E-state index in [4.69, 9.17) is 11.6 Å². The largest absolute Gasteiger partial charge is 0.340 e. The van der Waals surface area contributed by atoms with Crippen LogP contribution in [-0.2, 0) is 4.79 Å². The highest BCUT2D eigenvalue weighted by molar-refractivity contribution is 6.30. The number of nitrogens with zero attached hydrogens (tertiary/aromatic N) is 1. The summed E-state index contributed by atoms with van der Waals surface area (Å²) < 4.78 is 13.1. The third kappa shape index (κ3) is 1.99. The first-order chi connectivity index (χ1) is 7.60. The lowest BCUT2D eigenvalue weighted by molar-refractivity contribution is -0.120. The van der Waals surface area contributed by atoms with Gasteiger partial charge in [0.15, 0.2) is 5.96 Å². The fourth-order valence-corrected chi connectivity index (χ4v) is 1.75. The molecular weight excluding hydrogens is 233 g/mol. The summed E-state index contributed by atoms with van der Waals surface area (Å²) in [4.78, 5) is 15.4. The van der Waals surface area contributed by atoms with Gasteiger partial charge in [-0.25, -0.2) is 4.39 Å². The van der Waals surface area contributed by atoms with Crippen LogP contribution in [0.4, 0.5) is 4.39 Å². The summed E-state index contributed by atoms with van der Waals surface area (Å²) in [6.45, 7) is 0. The molecule has 1 heterocycles. The Balaban J connectivity index is 2.34.